The zero-order valence-electron chi connectivity index (χ0n) is 11.5. The van der Waals surface area contributed by atoms with Gasteiger partial charge in [0.1, 0.15) is 0 Å². The Kier molecular flexibility index (Phi) is 5.36. The van der Waals surface area contributed by atoms with Crippen molar-refractivity contribution in [3.8, 4) is 0 Å². The number of hydrogen-bond donors (Lipinski definition) is 1. The van der Waals surface area contributed by atoms with Gasteiger partial charge in [-0.25, -0.2) is 0 Å². The molecule has 0 spiro atoms. The van der Waals surface area contributed by atoms with E-state index in [1.165, 1.54) is 37.1 Å². The van der Waals surface area contributed by atoms with Gasteiger partial charge < -0.3 is 5.32 Å². The number of rotatable bonds is 5. The lowest BCUT2D eigenvalue weighted by Crippen LogP contribution is -2.15. The molecule has 1 aromatic rings. The van der Waals surface area contributed by atoms with Gasteiger partial charge in [-0.1, -0.05) is 19.8 Å². The summed E-state index contributed by atoms with van der Waals surface area (Å²) in [6.07, 6.45) is 7.52. The fourth-order valence-corrected chi connectivity index (χ4v) is 3.97. The van der Waals surface area contributed by atoms with Crippen molar-refractivity contribution in [1.29, 1.82) is 0 Å². The Hall–Kier alpha value is -0.700. The molecule has 2 rings (SSSR count). The third kappa shape index (κ3) is 4.20. The zero-order chi connectivity index (χ0) is 12.8. The van der Waals surface area contributed by atoms with Crippen LogP contribution in [0.3, 0.4) is 0 Å². The normalized spacial score (nSPS) is 23.9. The molecule has 18 heavy (non-hydrogen) atoms. The van der Waals surface area contributed by atoms with Crippen molar-refractivity contribution in [2.75, 3.05) is 11.9 Å². The van der Waals surface area contributed by atoms with Crippen molar-refractivity contribution in [3.63, 3.8) is 0 Å². The van der Waals surface area contributed by atoms with Gasteiger partial charge in [-0.3, -0.25) is 4.98 Å². The third-order valence-electron chi connectivity index (χ3n) is 3.55. The predicted molar refractivity (Wildman–Crippen MR) is 81.1 cm³/mol. The first kappa shape index (κ1) is 13.7. The molecule has 2 unspecified atom stereocenters. The van der Waals surface area contributed by atoms with Crippen LogP contribution in [0, 0.1) is 5.92 Å². The molecule has 0 amide bonds. The largest absolute Gasteiger partial charge is 0.385 e. The minimum Gasteiger partial charge on any atom is -0.385 e. The van der Waals surface area contributed by atoms with Crippen LogP contribution < -0.4 is 5.32 Å². The summed E-state index contributed by atoms with van der Waals surface area (Å²) in [6.45, 7) is 5.48. The second-order valence-corrected chi connectivity index (χ2v) is 6.56. The summed E-state index contributed by atoms with van der Waals surface area (Å²) in [5, 5.41) is 4.19. The average Bonchev–Trinajstić information content (AvgIpc) is 2.37. The van der Waals surface area contributed by atoms with E-state index in [0.717, 1.165) is 23.5 Å². The topological polar surface area (TPSA) is 24.9 Å². The van der Waals surface area contributed by atoms with E-state index in [-0.39, 0.29) is 0 Å². The van der Waals surface area contributed by atoms with Gasteiger partial charge in [0.15, 0.2) is 0 Å². The number of hydrogen-bond acceptors (Lipinski definition) is 3. The SMILES string of the molecule is CCNc1ccnc(CSC2CCCC(C)C2)c1. The molecule has 0 aromatic carbocycles. The van der Waals surface area contributed by atoms with Gasteiger partial charge in [0, 0.05) is 29.4 Å². The van der Waals surface area contributed by atoms with Crippen LogP contribution in [-0.2, 0) is 5.75 Å². The molecule has 1 saturated carbocycles. The molecule has 0 radical (unpaired) electrons. The van der Waals surface area contributed by atoms with Gasteiger partial charge >= 0.3 is 0 Å². The first-order valence-electron chi connectivity index (χ1n) is 7.08. The molecular formula is C15H24N2S. The average molecular weight is 264 g/mol. The van der Waals surface area contributed by atoms with Crippen LogP contribution in [0.1, 0.15) is 45.2 Å². The molecule has 100 valence electrons. The number of nitrogens with one attached hydrogen (secondary N) is 1. The predicted octanol–water partition coefficient (Wildman–Crippen LogP) is 4.33. The van der Waals surface area contributed by atoms with Gasteiger partial charge in [0.2, 0.25) is 0 Å². The number of nitrogens with zero attached hydrogens (tertiary/aromatic N) is 1. The molecule has 1 heterocycles. The standard InChI is InChI=1S/C15H24N2S/c1-3-16-13-7-8-17-14(10-13)11-18-15-6-4-5-12(2)9-15/h7-8,10,12,15H,3-6,9,11H2,1-2H3,(H,16,17). The van der Waals surface area contributed by atoms with Crippen LogP contribution in [0.4, 0.5) is 5.69 Å². The van der Waals surface area contributed by atoms with Crippen molar-refractivity contribution in [3.05, 3.63) is 24.0 Å². The Morgan fingerprint density at radius 3 is 3.11 bits per heavy atom. The summed E-state index contributed by atoms with van der Waals surface area (Å²) in [5.41, 5.74) is 2.40. The summed E-state index contributed by atoms with van der Waals surface area (Å²) in [5.74, 6) is 1.97. The molecule has 1 aromatic heterocycles. The van der Waals surface area contributed by atoms with Gasteiger partial charge in [0.25, 0.3) is 0 Å². The van der Waals surface area contributed by atoms with Crippen LogP contribution in [0.15, 0.2) is 18.3 Å². The Morgan fingerprint density at radius 1 is 1.44 bits per heavy atom. The summed E-state index contributed by atoms with van der Waals surface area (Å²) < 4.78 is 0. The summed E-state index contributed by atoms with van der Waals surface area (Å²) in [7, 11) is 0. The second kappa shape index (κ2) is 7.03. The van der Waals surface area contributed by atoms with Crippen molar-refractivity contribution < 1.29 is 0 Å². The quantitative estimate of drug-likeness (QED) is 0.857. The van der Waals surface area contributed by atoms with Crippen molar-refractivity contribution in [2.45, 2.75) is 50.5 Å². The van der Waals surface area contributed by atoms with Gasteiger partial charge in [-0.15, -0.1) is 0 Å². The minimum atomic E-state index is 0.846. The number of pyridine rings is 1. The molecule has 0 saturated heterocycles. The highest BCUT2D eigenvalue weighted by Crippen LogP contribution is 2.33. The van der Waals surface area contributed by atoms with Gasteiger partial charge in [-0.2, -0.15) is 11.8 Å². The van der Waals surface area contributed by atoms with E-state index >= 15 is 0 Å². The molecule has 0 aliphatic heterocycles. The lowest BCUT2D eigenvalue weighted by molar-refractivity contribution is 0.394. The summed E-state index contributed by atoms with van der Waals surface area (Å²) in [6, 6.07) is 4.23. The smallest absolute Gasteiger partial charge is 0.0523 e. The number of thioether (sulfide) groups is 1. The maximum atomic E-state index is 4.46. The Balaban J connectivity index is 1.83. The fourth-order valence-electron chi connectivity index (χ4n) is 2.60. The highest BCUT2D eigenvalue weighted by Gasteiger charge is 2.19. The van der Waals surface area contributed by atoms with E-state index in [1.54, 1.807) is 0 Å². The molecule has 0 bridgehead atoms. The summed E-state index contributed by atoms with van der Waals surface area (Å²) >= 11 is 2.09. The Bertz CT molecular complexity index is 367. The highest BCUT2D eigenvalue weighted by atomic mass is 32.2. The van der Waals surface area contributed by atoms with Crippen LogP contribution >= 0.6 is 11.8 Å². The lowest BCUT2D eigenvalue weighted by Gasteiger charge is -2.26. The molecule has 1 N–H and O–H groups in total. The van der Waals surface area contributed by atoms with Crippen molar-refractivity contribution >= 4 is 17.4 Å². The van der Waals surface area contributed by atoms with Crippen LogP contribution in [0.5, 0.6) is 0 Å². The first-order chi connectivity index (χ1) is 8.78. The van der Waals surface area contributed by atoms with Crippen LogP contribution in [0.25, 0.3) is 0 Å². The maximum absolute atomic E-state index is 4.46. The van der Waals surface area contributed by atoms with Crippen molar-refractivity contribution in [2.24, 2.45) is 5.92 Å². The summed E-state index contributed by atoms with van der Waals surface area (Å²) in [4.78, 5) is 4.46. The minimum absolute atomic E-state index is 0.846. The molecule has 1 fully saturated rings. The molecule has 2 atom stereocenters. The van der Waals surface area contributed by atoms with E-state index in [0.29, 0.717) is 0 Å². The third-order valence-corrected chi connectivity index (χ3v) is 4.91. The molecule has 1 aliphatic carbocycles. The van der Waals surface area contributed by atoms with Gasteiger partial charge in [0.05, 0.1) is 5.69 Å². The Labute approximate surface area is 115 Å². The number of aromatic nitrogens is 1. The Morgan fingerprint density at radius 2 is 2.33 bits per heavy atom. The van der Waals surface area contributed by atoms with E-state index in [2.05, 4.69) is 42.0 Å². The molecule has 1 aliphatic rings. The van der Waals surface area contributed by atoms with Crippen LogP contribution in [0.2, 0.25) is 0 Å². The van der Waals surface area contributed by atoms with E-state index in [1.807, 2.05) is 12.3 Å². The van der Waals surface area contributed by atoms with E-state index in [4.69, 9.17) is 0 Å². The lowest BCUT2D eigenvalue weighted by atomic mass is 9.91. The second-order valence-electron chi connectivity index (χ2n) is 5.27. The van der Waals surface area contributed by atoms with Crippen LogP contribution in [-0.4, -0.2) is 16.8 Å². The zero-order valence-corrected chi connectivity index (χ0v) is 12.3. The van der Waals surface area contributed by atoms with Crippen molar-refractivity contribution in [1.82, 2.24) is 4.98 Å². The first-order valence-corrected chi connectivity index (χ1v) is 8.13. The van der Waals surface area contributed by atoms with E-state index in [9.17, 15) is 0 Å². The molecule has 2 nitrogen and oxygen atoms in total. The monoisotopic (exact) mass is 264 g/mol. The molecular weight excluding hydrogens is 240 g/mol. The maximum Gasteiger partial charge on any atom is 0.0523 e. The van der Waals surface area contributed by atoms with Gasteiger partial charge in [-0.05, 0) is 37.8 Å². The van der Waals surface area contributed by atoms with E-state index < -0.39 is 0 Å². The highest BCUT2D eigenvalue weighted by molar-refractivity contribution is 7.99. The number of anilines is 1. The molecule has 3 heteroatoms. The fraction of sp³-hybridized carbons (Fsp3) is 0.667.